The van der Waals surface area contributed by atoms with E-state index >= 15 is 0 Å². The van der Waals surface area contributed by atoms with Crippen LogP contribution in [-0.4, -0.2) is 34.2 Å². The molecule has 3 rings (SSSR count). The van der Waals surface area contributed by atoms with E-state index in [1.54, 1.807) is 12.3 Å². The number of ether oxygens (including phenoxy) is 1. The Morgan fingerprint density at radius 2 is 2.15 bits per heavy atom. The van der Waals surface area contributed by atoms with Crippen LogP contribution in [0.4, 0.5) is 5.13 Å². The van der Waals surface area contributed by atoms with Gasteiger partial charge in [0.25, 0.3) is 0 Å². The second kappa shape index (κ2) is 11.1. The average Bonchev–Trinajstić information content (AvgIpc) is 3.22. The van der Waals surface area contributed by atoms with E-state index in [1.807, 2.05) is 6.07 Å². The Kier molecular flexibility index (Phi) is 8.49. The third-order valence-corrected chi connectivity index (χ3v) is 8.06. The molecule has 33 heavy (non-hydrogen) atoms. The van der Waals surface area contributed by atoms with Gasteiger partial charge in [-0.25, -0.2) is 9.97 Å². The minimum absolute atomic E-state index is 0.0792. The SMILES string of the molecule is CCOC(=O)Cc1csc(NC(=O)CSc2nc3c(cc2C#N)CC(C(C)(C)CC)CC3)n1. The fraction of sp³-hybridized carbons (Fsp3) is 0.542. The summed E-state index contributed by atoms with van der Waals surface area (Å²) in [5.74, 6) is 0.131. The lowest BCUT2D eigenvalue weighted by Gasteiger charge is -2.37. The van der Waals surface area contributed by atoms with Crippen LogP contribution in [0.5, 0.6) is 0 Å². The van der Waals surface area contributed by atoms with E-state index in [1.165, 1.54) is 23.1 Å². The number of thioether (sulfide) groups is 1. The molecular formula is C24H30N4O3S2. The van der Waals surface area contributed by atoms with Crippen molar-refractivity contribution in [1.29, 1.82) is 5.26 Å². The van der Waals surface area contributed by atoms with E-state index in [4.69, 9.17) is 9.72 Å². The van der Waals surface area contributed by atoms with E-state index in [0.29, 0.717) is 33.9 Å². The number of hydrogen-bond donors (Lipinski definition) is 1. The highest BCUT2D eigenvalue weighted by atomic mass is 32.2. The molecule has 0 bridgehead atoms. The molecule has 2 aromatic heterocycles. The van der Waals surface area contributed by atoms with Crippen LogP contribution in [0.25, 0.3) is 0 Å². The number of amides is 1. The number of carbonyl (C=O) groups excluding carboxylic acids is 2. The lowest BCUT2D eigenvalue weighted by molar-refractivity contribution is -0.142. The van der Waals surface area contributed by atoms with Gasteiger partial charge in [0.2, 0.25) is 5.91 Å². The molecule has 1 aliphatic rings. The molecule has 2 heterocycles. The van der Waals surface area contributed by atoms with Gasteiger partial charge in [0.05, 0.1) is 30.0 Å². The number of pyridine rings is 1. The fourth-order valence-corrected chi connectivity index (χ4v) is 5.39. The molecule has 176 valence electrons. The van der Waals surface area contributed by atoms with Crippen molar-refractivity contribution >= 4 is 40.1 Å². The van der Waals surface area contributed by atoms with Crippen LogP contribution >= 0.6 is 23.1 Å². The van der Waals surface area contributed by atoms with Crippen molar-refractivity contribution in [1.82, 2.24) is 9.97 Å². The summed E-state index contributed by atoms with van der Waals surface area (Å²) >= 11 is 2.53. The quantitative estimate of drug-likeness (QED) is 0.401. The van der Waals surface area contributed by atoms with Crippen LogP contribution in [-0.2, 0) is 33.6 Å². The summed E-state index contributed by atoms with van der Waals surface area (Å²) < 4.78 is 4.91. The number of carbonyl (C=O) groups is 2. The molecule has 9 heteroatoms. The number of esters is 1. The molecule has 0 fully saturated rings. The van der Waals surface area contributed by atoms with Crippen molar-refractivity contribution in [2.45, 2.75) is 64.8 Å². The van der Waals surface area contributed by atoms with Crippen molar-refractivity contribution in [3.63, 3.8) is 0 Å². The van der Waals surface area contributed by atoms with Gasteiger partial charge in [0.15, 0.2) is 5.13 Å². The standard InChI is InChI=1S/C24H30N4O3S2/c1-5-24(3,4)17-7-8-19-15(10-17)9-16(12-25)22(27-19)32-14-20(29)28-23-26-18(13-33-23)11-21(30)31-6-2/h9,13,17H,5-8,10-11,14H2,1-4H3,(H,26,28,29). The molecule has 0 radical (unpaired) electrons. The summed E-state index contributed by atoms with van der Waals surface area (Å²) in [6.07, 6.45) is 4.14. The maximum absolute atomic E-state index is 12.4. The largest absolute Gasteiger partial charge is 0.466 e. The van der Waals surface area contributed by atoms with Crippen LogP contribution in [0.1, 0.15) is 63.1 Å². The predicted molar refractivity (Wildman–Crippen MR) is 130 cm³/mol. The number of aryl methyl sites for hydroxylation is 1. The first-order valence-corrected chi connectivity index (χ1v) is 13.1. The molecule has 1 unspecified atom stereocenters. The van der Waals surface area contributed by atoms with Gasteiger partial charge >= 0.3 is 5.97 Å². The minimum atomic E-state index is -0.344. The fourth-order valence-electron chi connectivity index (χ4n) is 3.89. The van der Waals surface area contributed by atoms with Crippen molar-refractivity contribution in [2.75, 3.05) is 17.7 Å². The number of rotatable bonds is 9. The van der Waals surface area contributed by atoms with E-state index in [2.05, 4.69) is 37.1 Å². The molecule has 7 nitrogen and oxygen atoms in total. The maximum Gasteiger partial charge on any atom is 0.311 e. The van der Waals surface area contributed by atoms with Crippen LogP contribution in [0.2, 0.25) is 0 Å². The maximum atomic E-state index is 12.4. The smallest absolute Gasteiger partial charge is 0.311 e. The zero-order valence-electron chi connectivity index (χ0n) is 19.6. The molecule has 0 aromatic carbocycles. The van der Waals surface area contributed by atoms with Gasteiger partial charge in [-0.2, -0.15) is 5.26 Å². The van der Waals surface area contributed by atoms with Gasteiger partial charge < -0.3 is 10.1 Å². The number of nitrogens with one attached hydrogen (secondary N) is 1. The third-order valence-electron chi connectivity index (χ3n) is 6.26. The minimum Gasteiger partial charge on any atom is -0.466 e. The van der Waals surface area contributed by atoms with E-state index in [-0.39, 0.29) is 29.5 Å². The molecule has 1 aliphatic carbocycles. The Balaban J connectivity index is 1.60. The Morgan fingerprint density at radius 1 is 1.36 bits per heavy atom. The normalized spacial score (nSPS) is 15.4. The Bertz CT molecular complexity index is 1060. The molecular weight excluding hydrogens is 456 g/mol. The van der Waals surface area contributed by atoms with Crippen LogP contribution in [0.3, 0.4) is 0 Å². The van der Waals surface area contributed by atoms with Gasteiger partial charge in [-0.3, -0.25) is 9.59 Å². The topological polar surface area (TPSA) is 105 Å². The zero-order valence-corrected chi connectivity index (χ0v) is 21.2. The summed E-state index contributed by atoms with van der Waals surface area (Å²) in [6.45, 7) is 8.93. The highest BCUT2D eigenvalue weighted by Crippen LogP contribution is 2.40. The number of thiazole rings is 1. The van der Waals surface area contributed by atoms with E-state index < -0.39 is 0 Å². The zero-order chi connectivity index (χ0) is 24.0. The van der Waals surface area contributed by atoms with Gasteiger partial charge in [0.1, 0.15) is 11.1 Å². The number of nitrogens with zero attached hydrogens (tertiary/aromatic N) is 3. The van der Waals surface area contributed by atoms with Crippen molar-refractivity contribution < 1.29 is 14.3 Å². The summed E-state index contributed by atoms with van der Waals surface area (Å²) in [7, 11) is 0. The Morgan fingerprint density at radius 3 is 2.85 bits per heavy atom. The lowest BCUT2D eigenvalue weighted by atomic mass is 9.69. The number of hydrogen-bond acceptors (Lipinski definition) is 8. The molecule has 1 atom stereocenters. The summed E-state index contributed by atoms with van der Waals surface area (Å²) in [5, 5.41) is 15.2. The molecule has 1 amide bonds. The Hall–Kier alpha value is -2.44. The average molecular weight is 487 g/mol. The van der Waals surface area contributed by atoms with Crippen molar-refractivity contribution in [3.05, 3.63) is 34.0 Å². The number of nitriles is 1. The third kappa shape index (κ3) is 6.55. The van der Waals surface area contributed by atoms with Gasteiger partial charge in [-0.1, -0.05) is 39.0 Å². The first-order chi connectivity index (χ1) is 15.7. The highest BCUT2D eigenvalue weighted by molar-refractivity contribution is 8.00. The van der Waals surface area contributed by atoms with Crippen LogP contribution in [0.15, 0.2) is 16.5 Å². The highest BCUT2D eigenvalue weighted by Gasteiger charge is 2.32. The second-order valence-electron chi connectivity index (χ2n) is 8.80. The van der Waals surface area contributed by atoms with Gasteiger partial charge in [0, 0.05) is 11.1 Å². The summed E-state index contributed by atoms with van der Waals surface area (Å²) in [6, 6.07) is 4.21. The first-order valence-electron chi connectivity index (χ1n) is 11.2. The molecule has 0 saturated heterocycles. The molecule has 0 spiro atoms. The van der Waals surface area contributed by atoms with Crippen molar-refractivity contribution in [2.24, 2.45) is 11.3 Å². The lowest BCUT2D eigenvalue weighted by Crippen LogP contribution is -2.29. The van der Waals surface area contributed by atoms with Crippen molar-refractivity contribution in [3.8, 4) is 6.07 Å². The summed E-state index contributed by atoms with van der Waals surface area (Å²) in [5.41, 5.74) is 3.56. The monoisotopic (exact) mass is 486 g/mol. The second-order valence-corrected chi connectivity index (χ2v) is 10.6. The number of fused-ring (bicyclic) bond motifs is 1. The molecule has 0 saturated carbocycles. The number of anilines is 1. The van der Waals surface area contributed by atoms with Crippen LogP contribution in [0, 0.1) is 22.7 Å². The molecule has 2 aromatic rings. The summed E-state index contributed by atoms with van der Waals surface area (Å²) in [4.78, 5) is 33.0. The number of aromatic nitrogens is 2. The molecule has 0 aliphatic heterocycles. The van der Waals surface area contributed by atoms with Gasteiger partial charge in [-0.15, -0.1) is 11.3 Å². The van der Waals surface area contributed by atoms with E-state index in [9.17, 15) is 14.9 Å². The van der Waals surface area contributed by atoms with Gasteiger partial charge in [-0.05, 0) is 49.1 Å². The molecule has 1 N–H and O–H groups in total. The predicted octanol–water partition coefficient (Wildman–Crippen LogP) is 4.79. The van der Waals surface area contributed by atoms with Crippen LogP contribution < -0.4 is 5.32 Å². The Labute approximate surface area is 203 Å². The first kappa shape index (κ1) is 25.2. The van der Waals surface area contributed by atoms with E-state index in [0.717, 1.165) is 36.9 Å².